The topological polar surface area (TPSA) is 99.0 Å². The van der Waals surface area contributed by atoms with E-state index in [4.69, 9.17) is 21.1 Å². The molecule has 1 aromatic rings. The number of likely N-dealkylation sites (N-methyl/N-ethyl adjacent to an activating group) is 1. The second-order valence-corrected chi connectivity index (χ2v) is 10.2. The number of nitrogens with zero attached hydrogens (tertiary/aromatic N) is 3. The molecule has 2 atom stereocenters. The standard InChI is InChI=1S/C32H38ClN5O3.C2H6/c1-6-8-9-11-22(3)21-41-29-14-13-24(16-26(29)33)36-32-23(19-34)20-35-27-18-30(40-7-2)28(17-25(27)32)37-31(39)12-10-15-38(4)5;1-2/h8-14,16-18,20,25,27,36H,6-7,15,21H2,1-5H3,(H,37,39);1-2H3/b9-8-,12-10+,22-11+;. The fraction of sp³-hybridized carbons (Fsp3) is 0.382. The zero-order valence-electron chi connectivity index (χ0n) is 26.3. The van der Waals surface area contributed by atoms with Gasteiger partial charge in [-0.1, -0.05) is 56.7 Å². The summed E-state index contributed by atoms with van der Waals surface area (Å²) in [4.78, 5) is 19.2. The first-order valence-electron chi connectivity index (χ1n) is 14.6. The van der Waals surface area contributed by atoms with Crippen LogP contribution >= 0.6 is 11.6 Å². The minimum atomic E-state index is -0.335. The molecule has 2 unspecified atom stereocenters. The maximum atomic E-state index is 12.6. The number of aliphatic imine (C=N–C) groups is 1. The van der Waals surface area contributed by atoms with Gasteiger partial charge >= 0.3 is 0 Å². The van der Waals surface area contributed by atoms with Gasteiger partial charge in [0, 0.05) is 36.1 Å². The van der Waals surface area contributed by atoms with Crippen molar-refractivity contribution < 1.29 is 14.3 Å². The molecule has 1 aliphatic heterocycles. The van der Waals surface area contributed by atoms with Crippen molar-refractivity contribution in [3.05, 3.63) is 94.1 Å². The fourth-order valence-corrected chi connectivity index (χ4v) is 4.37. The quantitative estimate of drug-likeness (QED) is 0.186. The number of hydrogen-bond acceptors (Lipinski definition) is 7. The van der Waals surface area contributed by atoms with Crippen LogP contribution in [0.5, 0.6) is 5.75 Å². The predicted octanol–water partition coefficient (Wildman–Crippen LogP) is 6.97. The normalized spacial score (nSPS) is 18.0. The molecule has 230 valence electrons. The molecule has 1 aromatic carbocycles. The van der Waals surface area contributed by atoms with Crippen molar-refractivity contribution in [2.24, 2.45) is 10.9 Å². The van der Waals surface area contributed by atoms with Gasteiger partial charge in [0.15, 0.2) is 0 Å². The molecule has 9 heteroatoms. The van der Waals surface area contributed by atoms with E-state index < -0.39 is 0 Å². The Balaban J connectivity index is 0.00000316. The molecule has 0 saturated heterocycles. The number of dihydropyridines is 1. The number of ether oxygens (including phenoxy) is 2. The molecule has 1 amide bonds. The summed E-state index contributed by atoms with van der Waals surface area (Å²) >= 11 is 6.56. The third-order valence-corrected chi connectivity index (χ3v) is 6.43. The highest BCUT2D eigenvalue weighted by molar-refractivity contribution is 6.32. The number of carbonyl (C=O) groups excluding carboxylic acids is 1. The Morgan fingerprint density at radius 3 is 2.60 bits per heavy atom. The monoisotopic (exact) mass is 605 g/mol. The second kappa shape index (κ2) is 18.5. The predicted molar refractivity (Wildman–Crippen MR) is 177 cm³/mol. The molecule has 0 bridgehead atoms. The molecule has 0 aromatic heterocycles. The minimum absolute atomic E-state index is 0.269. The van der Waals surface area contributed by atoms with E-state index in [0.29, 0.717) is 58.9 Å². The van der Waals surface area contributed by atoms with E-state index >= 15 is 0 Å². The van der Waals surface area contributed by atoms with Gasteiger partial charge in [0.05, 0.1) is 28.9 Å². The van der Waals surface area contributed by atoms with E-state index in [1.807, 2.05) is 77.1 Å². The summed E-state index contributed by atoms with van der Waals surface area (Å²) in [6.07, 6.45) is 15.7. The molecule has 0 fully saturated rings. The van der Waals surface area contributed by atoms with Crippen molar-refractivity contribution in [2.45, 2.75) is 47.1 Å². The van der Waals surface area contributed by atoms with Crippen LogP contribution in [0.3, 0.4) is 0 Å². The lowest BCUT2D eigenvalue weighted by Gasteiger charge is -2.31. The summed E-state index contributed by atoms with van der Waals surface area (Å²) in [6, 6.07) is 7.34. The maximum absolute atomic E-state index is 12.6. The summed E-state index contributed by atoms with van der Waals surface area (Å²) in [6.45, 7) is 11.5. The number of allylic oxidation sites excluding steroid dienone is 4. The molecule has 43 heavy (non-hydrogen) atoms. The Morgan fingerprint density at radius 1 is 1.19 bits per heavy atom. The zero-order valence-corrected chi connectivity index (χ0v) is 27.0. The van der Waals surface area contributed by atoms with Crippen LogP contribution in [0.2, 0.25) is 5.02 Å². The van der Waals surface area contributed by atoms with Gasteiger partial charge in [0.25, 0.3) is 0 Å². The Labute approximate surface area is 261 Å². The molecule has 0 saturated carbocycles. The number of halogens is 1. The first kappa shape index (κ1) is 35.1. The number of benzene rings is 1. The molecule has 1 aliphatic carbocycles. The van der Waals surface area contributed by atoms with Crippen molar-refractivity contribution in [2.75, 3.05) is 39.2 Å². The first-order chi connectivity index (χ1) is 20.7. The Bertz CT molecular complexity index is 1360. The summed E-state index contributed by atoms with van der Waals surface area (Å²) in [5.74, 6) is 0.503. The molecule has 8 nitrogen and oxygen atoms in total. The van der Waals surface area contributed by atoms with Crippen molar-refractivity contribution in [1.29, 1.82) is 5.26 Å². The number of nitriles is 1. The largest absolute Gasteiger partial charge is 0.492 e. The van der Waals surface area contributed by atoms with Crippen LogP contribution in [-0.2, 0) is 9.53 Å². The van der Waals surface area contributed by atoms with Crippen molar-refractivity contribution in [1.82, 2.24) is 10.2 Å². The zero-order chi connectivity index (χ0) is 31.8. The van der Waals surface area contributed by atoms with Crippen LogP contribution < -0.4 is 15.4 Å². The molecule has 1 heterocycles. The molecular weight excluding hydrogens is 562 g/mol. The molecule has 0 radical (unpaired) electrons. The number of hydrogen-bond donors (Lipinski definition) is 2. The molecular formula is C34H44ClN5O3. The number of rotatable bonds is 13. The first-order valence-corrected chi connectivity index (χ1v) is 15.0. The summed E-state index contributed by atoms with van der Waals surface area (Å²) in [7, 11) is 3.86. The molecule has 0 spiro atoms. The number of anilines is 1. The Kier molecular flexibility index (Phi) is 15.1. The van der Waals surface area contributed by atoms with Gasteiger partial charge in [-0.05, 0) is 70.3 Å². The molecule has 2 aliphatic rings. The second-order valence-electron chi connectivity index (χ2n) is 9.84. The number of carbonyl (C=O) groups is 1. The lowest BCUT2D eigenvalue weighted by atomic mass is 9.86. The van der Waals surface area contributed by atoms with E-state index in [9.17, 15) is 10.1 Å². The van der Waals surface area contributed by atoms with Gasteiger partial charge in [-0.3, -0.25) is 9.79 Å². The number of nitrogens with one attached hydrogen (secondary N) is 2. The highest BCUT2D eigenvalue weighted by Crippen LogP contribution is 2.36. The Hall–Kier alpha value is -4.06. The van der Waals surface area contributed by atoms with Gasteiger partial charge in [0.2, 0.25) is 5.91 Å². The van der Waals surface area contributed by atoms with Crippen LogP contribution in [-0.4, -0.2) is 56.9 Å². The van der Waals surface area contributed by atoms with Gasteiger partial charge in [-0.2, -0.15) is 5.26 Å². The van der Waals surface area contributed by atoms with Crippen LogP contribution in [0, 0.1) is 17.2 Å². The minimum Gasteiger partial charge on any atom is -0.492 e. The van der Waals surface area contributed by atoms with Crippen LogP contribution in [0.1, 0.15) is 41.0 Å². The number of fused-ring (bicyclic) bond motifs is 1. The van der Waals surface area contributed by atoms with E-state index in [1.165, 1.54) is 6.08 Å². The summed E-state index contributed by atoms with van der Waals surface area (Å²) in [5.41, 5.74) is 3.34. The summed E-state index contributed by atoms with van der Waals surface area (Å²) < 4.78 is 11.7. The Morgan fingerprint density at radius 2 is 1.95 bits per heavy atom. The van der Waals surface area contributed by atoms with Gasteiger partial charge in [0.1, 0.15) is 24.2 Å². The van der Waals surface area contributed by atoms with Crippen molar-refractivity contribution >= 4 is 29.4 Å². The smallest absolute Gasteiger partial charge is 0.248 e. The lowest BCUT2D eigenvalue weighted by molar-refractivity contribution is -0.115. The van der Waals surface area contributed by atoms with Crippen LogP contribution in [0.15, 0.2) is 94.0 Å². The summed E-state index contributed by atoms with van der Waals surface area (Å²) in [5, 5.41) is 16.6. The third-order valence-electron chi connectivity index (χ3n) is 6.14. The lowest BCUT2D eigenvalue weighted by Crippen LogP contribution is -2.33. The average Bonchev–Trinajstić information content (AvgIpc) is 2.98. The number of amides is 1. The van der Waals surface area contributed by atoms with E-state index in [-0.39, 0.29) is 17.9 Å². The molecule has 3 rings (SSSR count). The fourth-order valence-electron chi connectivity index (χ4n) is 4.14. The molecule has 2 N–H and O–H groups in total. The highest BCUT2D eigenvalue weighted by atomic mass is 35.5. The van der Waals surface area contributed by atoms with Gasteiger partial charge in [-0.15, -0.1) is 0 Å². The highest BCUT2D eigenvalue weighted by Gasteiger charge is 2.33. The van der Waals surface area contributed by atoms with Crippen molar-refractivity contribution in [3.8, 4) is 11.8 Å². The SMILES string of the molecule is CC.CC/C=C\C=C(/C)COc1ccc(NC2=C(C#N)C=NC3C=C(OCC)C(NC(=O)/C=C/CN(C)C)=CC23)cc1Cl. The maximum Gasteiger partial charge on any atom is 0.248 e. The van der Waals surface area contributed by atoms with Crippen LogP contribution in [0.25, 0.3) is 0 Å². The van der Waals surface area contributed by atoms with E-state index in [1.54, 1.807) is 24.4 Å². The van der Waals surface area contributed by atoms with Gasteiger partial charge in [-0.25, -0.2) is 0 Å². The van der Waals surface area contributed by atoms with Crippen LogP contribution in [0.4, 0.5) is 5.69 Å². The van der Waals surface area contributed by atoms with E-state index in [2.05, 4.69) is 34.7 Å². The van der Waals surface area contributed by atoms with E-state index in [0.717, 1.165) is 12.0 Å². The third kappa shape index (κ3) is 10.9. The van der Waals surface area contributed by atoms with Gasteiger partial charge < -0.3 is 25.0 Å². The van der Waals surface area contributed by atoms with Crippen molar-refractivity contribution in [3.63, 3.8) is 0 Å². The average molecular weight is 606 g/mol.